The lowest BCUT2D eigenvalue weighted by Crippen LogP contribution is -2.39. The second-order valence-electron chi connectivity index (χ2n) is 5.83. The van der Waals surface area contributed by atoms with Crippen molar-refractivity contribution in [2.45, 2.75) is 32.2 Å². The van der Waals surface area contributed by atoms with Gasteiger partial charge in [-0.1, -0.05) is 13.0 Å². The summed E-state index contributed by atoms with van der Waals surface area (Å²) < 4.78 is 0. The normalized spacial score (nSPS) is 20.9. The predicted octanol–water partition coefficient (Wildman–Crippen LogP) is 2.37. The number of aliphatic hydroxyl groups is 1. The first-order chi connectivity index (χ1) is 11.2. The summed E-state index contributed by atoms with van der Waals surface area (Å²) in [5.74, 6) is 0.314. The van der Waals surface area contributed by atoms with Crippen molar-refractivity contribution in [3.63, 3.8) is 0 Å². The predicted molar refractivity (Wildman–Crippen MR) is 90.0 cm³/mol. The Balaban J connectivity index is 1.68. The first-order valence-electron chi connectivity index (χ1n) is 7.99. The van der Waals surface area contributed by atoms with E-state index >= 15 is 0 Å². The minimum absolute atomic E-state index is 0.102. The first kappa shape index (κ1) is 16.1. The van der Waals surface area contributed by atoms with Crippen LogP contribution in [0.25, 0.3) is 10.7 Å². The number of hydrogen-bond acceptors (Lipinski definition) is 5. The summed E-state index contributed by atoms with van der Waals surface area (Å²) in [6, 6.07) is 5.88. The van der Waals surface area contributed by atoms with Crippen LogP contribution in [0.2, 0.25) is 0 Å². The molecule has 3 heterocycles. The molecule has 1 amide bonds. The van der Waals surface area contributed by atoms with Crippen molar-refractivity contribution in [3.05, 3.63) is 35.5 Å². The second-order valence-corrected chi connectivity index (χ2v) is 6.69. The summed E-state index contributed by atoms with van der Waals surface area (Å²) >= 11 is 1.51. The fraction of sp³-hybridized carbons (Fsp3) is 0.471. The number of rotatable bonds is 5. The molecule has 3 rings (SSSR count). The zero-order valence-corrected chi connectivity index (χ0v) is 14.0. The van der Waals surface area contributed by atoms with Crippen LogP contribution in [0.4, 0.5) is 0 Å². The molecule has 1 saturated heterocycles. The standard InChI is InChI=1S/C17H21N3O2S/c1-2-15-12(10-21)6-8-20(15)16(22)9-13-11-23-17(19-13)14-5-3-4-7-18-14/h3-5,7,11-12,15,21H,2,6,8-10H2,1H3. The number of carbonyl (C=O) groups excluding carboxylic acids is 1. The molecule has 23 heavy (non-hydrogen) atoms. The van der Waals surface area contributed by atoms with E-state index in [4.69, 9.17) is 0 Å². The van der Waals surface area contributed by atoms with Gasteiger partial charge in [-0.05, 0) is 25.0 Å². The number of carbonyl (C=O) groups is 1. The summed E-state index contributed by atoms with van der Waals surface area (Å²) in [7, 11) is 0. The van der Waals surface area contributed by atoms with Crippen LogP contribution in [-0.4, -0.2) is 45.1 Å². The van der Waals surface area contributed by atoms with Gasteiger partial charge in [0.05, 0.1) is 17.8 Å². The first-order valence-corrected chi connectivity index (χ1v) is 8.87. The number of nitrogens with zero attached hydrogens (tertiary/aromatic N) is 3. The van der Waals surface area contributed by atoms with E-state index < -0.39 is 0 Å². The Kier molecular flexibility index (Phi) is 5.03. The fourth-order valence-electron chi connectivity index (χ4n) is 3.25. The quantitative estimate of drug-likeness (QED) is 0.913. The summed E-state index contributed by atoms with van der Waals surface area (Å²) in [6.45, 7) is 2.96. The van der Waals surface area contributed by atoms with Crippen molar-refractivity contribution in [2.24, 2.45) is 5.92 Å². The molecule has 1 aliphatic heterocycles. The molecule has 0 aliphatic carbocycles. The molecule has 0 bridgehead atoms. The van der Waals surface area contributed by atoms with E-state index in [0.29, 0.717) is 6.42 Å². The number of hydrogen-bond donors (Lipinski definition) is 1. The number of pyridine rings is 1. The minimum Gasteiger partial charge on any atom is -0.396 e. The fourth-order valence-corrected chi connectivity index (χ4v) is 4.04. The zero-order valence-electron chi connectivity index (χ0n) is 13.2. The molecule has 5 nitrogen and oxygen atoms in total. The van der Waals surface area contributed by atoms with E-state index in [1.54, 1.807) is 6.20 Å². The van der Waals surface area contributed by atoms with Crippen LogP contribution in [0.15, 0.2) is 29.8 Å². The third kappa shape index (κ3) is 3.43. The van der Waals surface area contributed by atoms with Gasteiger partial charge in [0.15, 0.2) is 0 Å². The SMILES string of the molecule is CCC1C(CO)CCN1C(=O)Cc1csc(-c2ccccn2)n1. The Morgan fingerprint density at radius 1 is 1.48 bits per heavy atom. The van der Waals surface area contributed by atoms with Crippen LogP contribution in [0.5, 0.6) is 0 Å². The Morgan fingerprint density at radius 3 is 3.04 bits per heavy atom. The Bertz CT molecular complexity index is 659. The van der Waals surface area contributed by atoms with Gasteiger partial charge in [-0.25, -0.2) is 4.98 Å². The van der Waals surface area contributed by atoms with Gasteiger partial charge in [0.1, 0.15) is 5.01 Å². The van der Waals surface area contributed by atoms with E-state index in [2.05, 4.69) is 16.9 Å². The van der Waals surface area contributed by atoms with Crippen molar-refractivity contribution in [1.82, 2.24) is 14.9 Å². The van der Waals surface area contributed by atoms with Crippen LogP contribution in [0, 0.1) is 5.92 Å². The maximum atomic E-state index is 12.6. The molecule has 0 saturated carbocycles. The third-order valence-corrected chi connectivity index (χ3v) is 5.34. The average molecular weight is 331 g/mol. The molecule has 0 aromatic carbocycles. The molecule has 2 atom stereocenters. The number of thiazole rings is 1. The number of likely N-dealkylation sites (tertiary alicyclic amines) is 1. The number of amides is 1. The molecular weight excluding hydrogens is 310 g/mol. The van der Waals surface area contributed by atoms with Gasteiger partial charge in [0.25, 0.3) is 0 Å². The van der Waals surface area contributed by atoms with Gasteiger partial charge in [0, 0.05) is 36.7 Å². The number of aliphatic hydroxyl groups excluding tert-OH is 1. The Morgan fingerprint density at radius 2 is 2.35 bits per heavy atom. The lowest BCUT2D eigenvalue weighted by atomic mass is 9.99. The lowest BCUT2D eigenvalue weighted by molar-refractivity contribution is -0.131. The molecule has 0 spiro atoms. The summed E-state index contributed by atoms with van der Waals surface area (Å²) in [5, 5.41) is 12.2. The summed E-state index contributed by atoms with van der Waals surface area (Å²) in [5.41, 5.74) is 1.63. The highest BCUT2D eigenvalue weighted by Crippen LogP contribution is 2.28. The Hall–Kier alpha value is -1.79. The van der Waals surface area contributed by atoms with E-state index in [9.17, 15) is 9.90 Å². The summed E-state index contributed by atoms with van der Waals surface area (Å²) in [4.78, 5) is 23.3. The molecule has 1 N–H and O–H groups in total. The van der Waals surface area contributed by atoms with E-state index in [1.807, 2.05) is 28.5 Å². The van der Waals surface area contributed by atoms with E-state index in [1.165, 1.54) is 11.3 Å². The molecule has 0 radical (unpaired) electrons. The lowest BCUT2D eigenvalue weighted by Gasteiger charge is -2.26. The highest BCUT2D eigenvalue weighted by atomic mass is 32.1. The molecular formula is C17H21N3O2S. The topological polar surface area (TPSA) is 66.3 Å². The average Bonchev–Trinajstić information content (AvgIpc) is 3.21. The van der Waals surface area contributed by atoms with Crippen molar-refractivity contribution in [2.75, 3.05) is 13.2 Å². The zero-order chi connectivity index (χ0) is 16.2. The molecule has 1 fully saturated rings. The van der Waals surface area contributed by atoms with Gasteiger partial charge in [-0.2, -0.15) is 0 Å². The highest BCUT2D eigenvalue weighted by molar-refractivity contribution is 7.13. The minimum atomic E-state index is 0.102. The maximum absolute atomic E-state index is 12.6. The smallest absolute Gasteiger partial charge is 0.228 e. The van der Waals surface area contributed by atoms with Gasteiger partial charge in [-0.3, -0.25) is 9.78 Å². The van der Waals surface area contributed by atoms with Crippen LogP contribution in [-0.2, 0) is 11.2 Å². The maximum Gasteiger partial charge on any atom is 0.228 e. The highest BCUT2D eigenvalue weighted by Gasteiger charge is 2.35. The van der Waals surface area contributed by atoms with Crippen LogP contribution < -0.4 is 0 Å². The van der Waals surface area contributed by atoms with E-state index in [-0.39, 0.29) is 24.5 Å². The van der Waals surface area contributed by atoms with Crippen molar-refractivity contribution < 1.29 is 9.90 Å². The summed E-state index contributed by atoms with van der Waals surface area (Å²) in [6.07, 6.45) is 3.83. The van der Waals surface area contributed by atoms with Gasteiger partial charge < -0.3 is 10.0 Å². The van der Waals surface area contributed by atoms with Crippen LogP contribution in [0.1, 0.15) is 25.5 Å². The number of aromatic nitrogens is 2. The van der Waals surface area contributed by atoms with Gasteiger partial charge in [-0.15, -0.1) is 11.3 Å². The van der Waals surface area contributed by atoms with Crippen LogP contribution >= 0.6 is 11.3 Å². The third-order valence-electron chi connectivity index (χ3n) is 4.43. The van der Waals surface area contributed by atoms with Crippen LogP contribution in [0.3, 0.4) is 0 Å². The van der Waals surface area contributed by atoms with Crippen molar-refractivity contribution in [3.8, 4) is 10.7 Å². The second kappa shape index (κ2) is 7.19. The largest absolute Gasteiger partial charge is 0.396 e. The Labute approximate surface area is 140 Å². The van der Waals surface area contributed by atoms with E-state index in [0.717, 1.165) is 35.8 Å². The molecule has 122 valence electrons. The van der Waals surface area contributed by atoms with Crippen molar-refractivity contribution in [1.29, 1.82) is 0 Å². The molecule has 1 aliphatic rings. The molecule has 2 aromatic heterocycles. The van der Waals surface area contributed by atoms with Crippen molar-refractivity contribution >= 4 is 17.2 Å². The molecule has 6 heteroatoms. The monoisotopic (exact) mass is 331 g/mol. The van der Waals surface area contributed by atoms with Gasteiger partial charge in [0.2, 0.25) is 5.91 Å². The molecule has 2 aromatic rings. The van der Waals surface area contributed by atoms with Gasteiger partial charge >= 0.3 is 0 Å². The molecule has 2 unspecified atom stereocenters.